The number of thiophene rings is 1. The first-order valence-electron chi connectivity index (χ1n) is 6.01. The van der Waals surface area contributed by atoms with Crippen molar-refractivity contribution >= 4 is 45.6 Å². The molecule has 0 radical (unpaired) electrons. The van der Waals surface area contributed by atoms with Crippen molar-refractivity contribution in [2.24, 2.45) is 0 Å². The van der Waals surface area contributed by atoms with Crippen molar-refractivity contribution in [1.82, 2.24) is 9.55 Å². The standard InChI is InChI=1S/C14H12Cl2N2S/c15-6-5-14-17-12-4-3-10(16)8-13(12)18(14)9-11-2-1-7-19-11/h1-4,7-8H,5-6,9H2. The highest BCUT2D eigenvalue weighted by Gasteiger charge is 2.11. The van der Waals surface area contributed by atoms with Crippen LogP contribution in [0, 0.1) is 0 Å². The Bertz CT molecular complexity index is 689. The molecular weight excluding hydrogens is 299 g/mol. The largest absolute Gasteiger partial charge is 0.323 e. The third kappa shape index (κ3) is 2.64. The van der Waals surface area contributed by atoms with Crippen LogP contribution >= 0.6 is 34.5 Å². The SMILES string of the molecule is ClCCc1nc2ccc(Cl)cc2n1Cc1cccs1. The van der Waals surface area contributed by atoms with E-state index in [2.05, 4.69) is 27.1 Å². The van der Waals surface area contributed by atoms with Crippen LogP contribution < -0.4 is 0 Å². The minimum atomic E-state index is 0.571. The Morgan fingerprint density at radius 3 is 2.89 bits per heavy atom. The fraction of sp³-hybridized carbons (Fsp3) is 0.214. The highest BCUT2D eigenvalue weighted by atomic mass is 35.5. The summed E-state index contributed by atoms with van der Waals surface area (Å²) in [6.45, 7) is 0.820. The minimum absolute atomic E-state index is 0.571. The van der Waals surface area contributed by atoms with E-state index in [1.807, 2.05) is 18.2 Å². The second kappa shape index (κ2) is 5.53. The Morgan fingerprint density at radius 1 is 1.26 bits per heavy atom. The van der Waals surface area contributed by atoms with Crippen molar-refractivity contribution in [1.29, 1.82) is 0 Å². The lowest BCUT2D eigenvalue weighted by molar-refractivity contribution is 0.763. The van der Waals surface area contributed by atoms with E-state index in [1.165, 1.54) is 4.88 Å². The van der Waals surface area contributed by atoms with Crippen molar-refractivity contribution in [2.45, 2.75) is 13.0 Å². The zero-order chi connectivity index (χ0) is 13.2. The van der Waals surface area contributed by atoms with Gasteiger partial charge in [0, 0.05) is 22.2 Å². The van der Waals surface area contributed by atoms with E-state index in [9.17, 15) is 0 Å². The van der Waals surface area contributed by atoms with Crippen LogP contribution in [0.2, 0.25) is 5.02 Å². The fourth-order valence-corrected chi connectivity index (χ4v) is 3.18. The van der Waals surface area contributed by atoms with E-state index >= 15 is 0 Å². The van der Waals surface area contributed by atoms with Gasteiger partial charge in [0.2, 0.25) is 0 Å². The molecule has 0 aliphatic carbocycles. The molecule has 0 unspecified atom stereocenters. The van der Waals surface area contributed by atoms with Gasteiger partial charge in [-0.15, -0.1) is 22.9 Å². The molecule has 0 saturated carbocycles. The van der Waals surface area contributed by atoms with Crippen LogP contribution in [-0.4, -0.2) is 15.4 Å². The summed E-state index contributed by atoms with van der Waals surface area (Å²) in [4.78, 5) is 5.95. The molecular formula is C14H12Cl2N2S. The zero-order valence-electron chi connectivity index (χ0n) is 10.1. The molecule has 19 heavy (non-hydrogen) atoms. The number of aromatic nitrogens is 2. The molecule has 0 spiro atoms. The molecule has 0 bridgehead atoms. The van der Waals surface area contributed by atoms with Gasteiger partial charge in [0.15, 0.2) is 0 Å². The van der Waals surface area contributed by atoms with E-state index in [4.69, 9.17) is 23.2 Å². The topological polar surface area (TPSA) is 17.8 Å². The second-order valence-corrected chi connectivity index (χ2v) is 6.11. The van der Waals surface area contributed by atoms with Gasteiger partial charge in [-0.3, -0.25) is 0 Å². The van der Waals surface area contributed by atoms with Gasteiger partial charge in [-0.05, 0) is 29.6 Å². The number of benzene rings is 1. The molecule has 5 heteroatoms. The third-order valence-corrected chi connectivity index (χ3v) is 4.29. The minimum Gasteiger partial charge on any atom is -0.323 e. The maximum atomic E-state index is 6.09. The maximum absolute atomic E-state index is 6.09. The van der Waals surface area contributed by atoms with Gasteiger partial charge < -0.3 is 4.57 Å². The summed E-state index contributed by atoms with van der Waals surface area (Å²) in [6, 6.07) is 9.99. The quantitative estimate of drug-likeness (QED) is 0.645. The second-order valence-electron chi connectivity index (χ2n) is 4.27. The first-order valence-corrected chi connectivity index (χ1v) is 7.80. The van der Waals surface area contributed by atoms with E-state index in [1.54, 1.807) is 11.3 Å². The van der Waals surface area contributed by atoms with Gasteiger partial charge in [0.1, 0.15) is 5.82 Å². The van der Waals surface area contributed by atoms with E-state index in [0.29, 0.717) is 5.88 Å². The number of alkyl halides is 1. The lowest BCUT2D eigenvalue weighted by Crippen LogP contribution is -2.04. The molecule has 0 saturated heterocycles. The molecule has 0 N–H and O–H groups in total. The van der Waals surface area contributed by atoms with E-state index in [-0.39, 0.29) is 0 Å². The molecule has 0 atom stereocenters. The van der Waals surface area contributed by atoms with E-state index < -0.39 is 0 Å². The summed E-state index contributed by atoms with van der Waals surface area (Å²) < 4.78 is 2.20. The van der Waals surface area contributed by atoms with Gasteiger partial charge in [-0.2, -0.15) is 0 Å². The molecule has 1 aromatic carbocycles. The van der Waals surface area contributed by atoms with Gasteiger partial charge in [-0.25, -0.2) is 4.98 Å². The number of hydrogen-bond donors (Lipinski definition) is 0. The molecule has 0 aliphatic rings. The van der Waals surface area contributed by atoms with Crippen LogP contribution in [0.5, 0.6) is 0 Å². The van der Waals surface area contributed by atoms with Crippen LogP contribution in [0.25, 0.3) is 11.0 Å². The first-order chi connectivity index (χ1) is 9.28. The predicted molar refractivity (Wildman–Crippen MR) is 82.6 cm³/mol. The Kier molecular flexibility index (Phi) is 3.78. The number of hydrogen-bond acceptors (Lipinski definition) is 2. The van der Waals surface area contributed by atoms with Crippen LogP contribution in [0.1, 0.15) is 10.7 Å². The molecule has 2 heterocycles. The summed E-state index contributed by atoms with van der Waals surface area (Å²) in [7, 11) is 0. The molecule has 98 valence electrons. The maximum Gasteiger partial charge on any atom is 0.111 e. The summed E-state index contributed by atoms with van der Waals surface area (Å²) in [5, 5.41) is 2.82. The Morgan fingerprint density at radius 2 is 2.16 bits per heavy atom. The van der Waals surface area contributed by atoms with Gasteiger partial charge in [0.25, 0.3) is 0 Å². The Labute approximate surface area is 125 Å². The highest BCUT2D eigenvalue weighted by Crippen LogP contribution is 2.23. The fourth-order valence-electron chi connectivity index (χ4n) is 2.16. The van der Waals surface area contributed by atoms with Crippen molar-refractivity contribution in [2.75, 3.05) is 5.88 Å². The molecule has 0 amide bonds. The summed E-state index contributed by atoms with van der Waals surface area (Å²) in [6.07, 6.45) is 0.763. The summed E-state index contributed by atoms with van der Waals surface area (Å²) in [5.74, 6) is 1.59. The Hall–Kier alpha value is -1.03. The van der Waals surface area contributed by atoms with Crippen molar-refractivity contribution < 1.29 is 0 Å². The lowest BCUT2D eigenvalue weighted by atomic mass is 10.3. The molecule has 0 aliphatic heterocycles. The molecule has 2 nitrogen and oxygen atoms in total. The number of halogens is 2. The summed E-state index contributed by atoms with van der Waals surface area (Å²) >= 11 is 13.7. The predicted octanol–water partition coefficient (Wildman–Crippen LogP) is 4.58. The lowest BCUT2D eigenvalue weighted by Gasteiger charge is -2.07. The molecule has 3 rings (SSSR count). The smallest absolute Gasteiger partial charge is 0.111 e. The normalized spacial score (nSPS) is 11.3. The van der Waals surface area contributed by atoms with Gasteiger partial charge in [0.05, 0.1) is 17.6 Å². The number of fused-ring (bicyclic) bond motifs is 1. The van der Waals surface area contributed by atoms with Crippen molar-refractivity contribution in [3.8, 4) is 0 Å². The molecule has 0 fully saturated rings. The highest BCUT2D eigenvalue weighted by molar-refractivity contribution is 7.09. The Balaban J connectivity index is 2.12. The average Bonchev–Trinajstić information content (AvgIpc) is 3.00. The average molecular weight is 311 g/mol. The first kappa shape index (κ1) is 13.0. The third-order valence-electron chi connectivity index (χ3n) is 3.00. The summed E-state index contributed by atoms with van der Waals surface area (Å²) in [5.41, 5.74) is 2.04. The number of rotatable bonds is 4. The molecule has 2 aromatic heterocycles. The van der Waals surface area contributed by atoms with Crippen molar-refractivity contribution in [3.05, 3.63) is 51.4 Å². The van der Waals surface area contributed by atoms with Crippen LogP contribution in [0.3, 0.4) is 0 Å². The van der Waals surface area contributed by atoms with Crippen molar-refractivity contribution in [3.63, 3.8) is 0 Å². The van der Waals surface area contributed by atoms with Crippen LogP contribution in [0.4, 0.5) is 0 Å². The monoisotopic (exact) mass is 310 g/mol. The number of nitrogens with zero attached hydrogens (tertiary/aromatic N) is 2. The number of imidazole rings is 1. The van der Waals surface area contributed by atoms with Crippen LogP contribution in [-0.2, 0) is 13.0 Å². The van der Waals surface area contributed by atoms with Crippen LogP contribution in [0.15, 0.2) is 35.7 Å². The number of aryl methyl sites for hydroxylation is 1. The van der Waals surface area contributed by atoms with Gasteiger partial charge >= 0.3 is 0 Å². The van der Waals surface area contributed by atoms with Gasteiger partial charge in [-0.1, -0.05) is 17.7 Å². The zero-order valence-corrected chi connectivity index (χ0v) is 12.5. The van der Waals surface area contributed by atoms with E-state index in [0.717, 1.165) is 34.8 Å². The molecule has 3 aromatic rings.